The molecule has 2 aromatic heterocycles. The van der Waals surface area contributed by atoms with Crippen LogP contribution in [0.4, 0.5) is 0 Å². The fourth-order valence-corrected chi connectivity index (χ4v) is 3.86. The largest absolute Gasteiger partial charge is 0.339 e. The van der Waals surface area contributed by atoms with Gasteiger partial charge in [0.1, 0.15) is 5.82 Å². The number of benzene rings is 1. The molecule has 26 heavy (non-hydrogen) atoms. The average molecular weight is 367 g/mol. The zero-order valence-corrected chi connectivity index (χ0v) is 15.7. The highest BCUT2D eigenvalue weighted by Crippen LogP contribution is 2.28. The maximum absolute atomic E-state index is 13.1. The van der Waals surface area contributed by atoms with Crippen molar-refractivity contribution in [1.29, 1.82) is 0 Å². The van der Waals surface area contributed by atoms with Gasteiger partial charge < -0.3 is 9.47 Å². The van der Waals surface area contributed by atoms with E-state index in [1.807, 2.05) is 53.8 Å². The van der Waals surface area contributed by atoms with E-state index >= 15 is 0 Å². The number of pyridine rings is 1. The van der Waals surface area contributed by atoms with Gasteiger partial charge in [0, 0.05) is 37.1 Å². The van der Waals surface area contributed by atoms with Gasteiger partial charge in [0.15, 0.2) is 4.77 Å². The number of fused-ring (bicyclic) bond motifs is 1. The second-order valence-electron chi connectivity index (χ2n) is 6.84. The molecule has 1 N–H and O–H groups in total. The summed E-state index contributed by atoms with van der Waals surface area (Å²) in [6, 6.07) is 9.72. The Hall–Kier alpha value is -2.54. The molecule has 1 aliphatic rings. The Morgan fingerprint density at radius 1 is 1.27 bits per heavy atom. The Balaban J connectivity index is 1.56. The number of carbonyl (C=O) groups excluding carboxylic acids is 1. The first-order valence-electron chi connectivity index (χ1n) is 8.81. The number of nitrogens with zero attached hydrogens (tertiary/aromatic N) is 4. The number of amides is 1. The van der Waals surface area contributed by atoms with E-state index in [0.717, 1.165) is 53.9 Å². The van der Waals surface area contributed by atoms with E-state index in [9.17, 15) is 4.79 Å². The van der Waals surface area contributed by atoms with Crippen molar-refractivity contribution in [2.75, 3.05) is 13.1 Å². The molecule has 6 nitrogen and oxygen atoms in total. The minimum Gasteiger partial charge on any atom is -0.339 e. The Bertz CT molecular complexity index is 1030. The topological polar surface area (TPSA) is 66.8 Å². The fraction of sp³-hybridized carbons (Fsp3) is 0.368. The minimum atomic E-state index is 0.0838. The first-order valence-corrected chi connectivity index (χ1v) is 9.22. The number of nitrogens with one attached hydrogen (secondary N) is 1. The number of aryl methyl sites for hydroxylation is 1. The average Bonchev–Trinajstić information content (AvgIpc) is 2.99. The monoisotopic (exact) mass is 367 g/mol. The van der Waals surface area contributed by atoms with Crippen molar-refractivity contribution in [3.8, 4) is 0 Å². The second kappa shape index (κ2) is 6.64. The quantitative estimate of drug-likeness (QED) is 0.706. The molecule has 0 aliphatic carbocycles. The van der Waals surface area contributed by atoms with Crippen LogP contribution in [0.2, 0.25) is 0 Å². The van der Waals surface area contributed by atoms with E-state index < -0.39 is 0 Å². The molecule has 1 amide bonds. The van der Waals surface area contributed by atoms with Crippen LogP contribution in [0.3, 0.4) is 0 Å². The first-order chi connectivity index (χ1) is 12.5. The van der Waals surface area contributed by atoms with Gasteiger partial charge in [0.05, 0.1) is 11.1 Å². The Morgan fingerprint density at radius 3 is 2.69 bits per heavy atom. The molecule has 0 atom stereocenters. The SMILES string of the molecule is Cc1cc(C(=O)N2CCC(c3n[nH]c(=S)n3C)CC2)c2ccccc2n1. The van der Waals surface area contributed by atoms with Crippen LogP contribution < -0.4 is 0 Å². The number of aromatic nitrogens is 4. The lowest BCUT2D eigenvalue weighted by Crippen LogP contribution is -2.38. The fourth-order valence-electron chi connectivity index (χ4n) is 3.72. The van der Waals surface area contributed by atoms with Gasteiger partial charge in [-0.2, -0.15) is 5.10 Å². The molecule has 4 rings (SSSR count). The summed E-state index contributed by atoms with van der Waals surface area (Å²) in [7, 11) is 1.94. The highest BCUT2D eigenvalue weighted by atomic mass is 32.1. The summed E-state index contributed by atoms with van der Waals surface area (Å²) in [5.41, 5.74) is 2.47. The summed E-state index contributed by atoms with van der Waals surface area (Å²) >= 11 is 5.20. The van der Waals surface area contributed by atoms with E-state index in [1.54, 1.807) is 0 Å². The molecule has 0 unspecified atom stereocenters. The molecule has 0 radical (unpaired) electrons. The number of H-pyrrole nitrogens is 1. The first kappa shape index (κ1) is 16.9. The summed E-state index contributed by atoms with van der Waals surface area (Å²) < 4.78 is 2.56. The summed E-state index contributed by atoms with van der Waals surface area (Å²) in [4.78, 5) is 19.6. The molecule has 3 heterocycles. The second-order valence-corrected chi connectivity index (χ2v) is 7.23. The van der Waals surface area contributed by atoms with Gasteiger partial charge in [0.2, 0.25) is 0 Å². The third-order valence-corrected chi connectivity index (χ3v) is 5.50. The van der Waals surface area contributed by atoms with Crippen LogP contribution in [0, 0.1) is 11.7 Å². The lowest BCUT2D eigenvalue weighted by atomic mass is 9.95. The van der Waals surface area contributed by atoms with Crippen LogP contribution in [0.25, 0.3) is 10.9 Å². The summed E-state index contributed by atoms with van der Waals surface area (Å²) in [5, 5.41) is 8.12. The molecule has 7 heteroatoms. The summed E-state index contributed by atoms with van der Waals surface area (Å²) in [5.74, 6) is 1.39. The van der Waals surface area contributed by atoms with Crippen molar-refractivity contribution in [1.82, 2.24) is 24.6 Å². The number of aromatic amines is 1. The molecule has 0 spiro atoms. The molecule has 1 aliphatic heterocycles. The van der Waals surface area contributed by atoms with Crippen LogP contribution in [0.15, 0.2) is 30.3 Å². The van der Waals surface area contributed by atoms with Crippen LogP contribution >= 0.6 is 12.2 Å². The molecule has 3 aromatic rings. The third kappa shape index (κ3) is 2.92. The maximum atomic E-state index is 13.1. The van der Waals surface area contributed by atoms with Crippen LogP contribution in [0.1, 0.15) is 40.6 Å². The molecular weight excluding hydrogens is 346 g/mol. The summed E-state index contributed by atoms with van der Waals surface area (Å²) in [6.45, 7) is 3.37. The highest BCUT2D eigenvalue weighted by molar-refractivity contribution is 7.71. The van der Waals surface area contributed by atoms with E-state index in [1.165, 1.54) is 0 Å². The number of hydrogen-bond acceptors (Lipinski definition) is 4. The number of para-hydroxylation sites is 1. The highest BCUT2D eigenvalue weighted by Gasteiger charge is 2.28. The number of hydrogen-bond donors (Lipinski definition) is 1. The van der Waals surface area contributed by atoms with Crippen molar-refractivity contribution in [2.45, 2.75) is 25.7 Å². The van der Waals surface area contributed by atoms with Crippen LogP contribution in [0.5, 0.6) is 0 Å². The lowest BCUT2D eigenvalue weighted by Gasteiger charge is -2.31. The molecule has 1 aromatic carbocycles. The Morgan fingerprint density at radius 2 is 2.00 bits per heavy atom. The van der Waals surface area contributed by atoms with E-state index in [-0.39, 0.29) is 5.91 Å². The normalized spacial score (nSPS) is 15.5. The van der Waals surface area contributed by atoms with Crippen molar-refractivity contribution in [2.24, 2.45) is 7.05 Å². The third-order valence-electron chi connectivity index (χ3n) is 5.14. The van der Waals surface area contributed by atoms with Crippen molar-refractivity contribution >= 4 is 29.0 Å². The molecule has 1 saturated heterocycles. The Labute approximate surface area is 156 Å². The van der Waals surface area contributed by atoms with Gasteiger partial charge in [-0.05, 0) is 44.1 Å². The lowest BCUT2D eigenvalue weighted by molar-refractivity contribution is 0.0712. The predicted octanol–water partition coefficient (Wildman–Crippen LogP) is 3.35. The van der Waals surface area contributed by atoms with Gasteiger partial charge >= 0.3 is 0 Å². The van der Waals surface area contributed by atoms with Gasteiger partial charge in [-0.1, -0.05) is 18.2 Å². The Kier molecular flexibility index (Phi) is 4.32. The van der Waals surface area contributed by atoms with E-state index in [2.05, 4.69) is 15.2 Å². The van der Waals surface area contributed by atoms with Crippen molar-refractivity contribution < 1.29 is 4.79 Å². The molecular formula is C19H21N5OS. The number of likely N-dealkylation sites (tertiary alicyclic amines) is 1. The predicted molar refractivity (Wildman–Crippen MR) is 103 cm³/mol. The smallest absolute Gasteiger partial charge is 0.254 e. The summed E-state index contributed by atoms with van der Waals surface area (Å²) in [6.07, 6.45) is 1.78. The number of piperidine rings is 1. The van der Waals surface area contributed by atoms with Crippen molar-refractivity contribution in [3.63, 3.8) is 0 Å². The molecule has 0 bridgehead atoms. The van der Waals surface area contributed by atoms with Crippen LogP contribution in [-0.2, 0) is 7.05 Å². The van der Waals surface area contributed by atoms with Crippen molar-refractivity contribution in [3.05, 3.63) is 52.2 Å². The van der Waals surface area contributed by atoms with Gasteiger partial charge in [-0.3, -0.25) is 14.9 Å². The zero-order valence-electron chi connectivity index (χ0n) is 14.9. The molecule has 134 valence electrons. The van der Waals surface area contributed by atoms with Gasteiger partial charge in [-0.15, -0.1) is 0 Å². The van der Waals surface area contributed by atoms with E-state index in [0.29, 0.717) is 10.7 Å². The van der Waals surface area contributed by atoms with Gasteiger partial charge in [-0.25, -0.2) is 0 Å². The maximum Gasteiger partial charge on any atom is 0.254 e. The molecule has 0 saturated carbocycles. The number of rotatable bonds is 2. The number of carbonyl (C=O) groups is 1. The molecule has 1 fully saturated rings. The standard InChI is InChI=1S/C19H21N5OS/c1-12-11-15(14-5-3-4-6-16(14)20-12)18(25)24-9-7-13(8-10-24)17-21-22-19(26)23(17)2/h3-6,11,13H,7-10H2,1-2H3,(H,22,26). The van der Waals surface area contributed by atoms with Crippen LogP contribution in [-0.4, -0.2) is 43.6 Å². The van der Waals surface area contributed by atoms with E-state index in [4.69, 9.17) is 12.2 Å². The minimum absolute atomic E-state index is 0.0838. The van der Waals surface area contributed by atoms with Gasteiger partial charge in [0.25, 0.3) is 5.91 Å². The zero-order chi connectivity index (χ0) is 18.3.